The third-order valence-electron chi connectivity index (χ3n) is 4.24. The smallest absolute Gasteiger partial charge is 0.240 e. The molecule has 0 spiro atoms. The van der Waals surface area contributed by atoms with Crippen molar-refractivity contribution >= 4 is 10.0 Å². The molecule has 0 radical (unpaired) electrons. The summed E-state index contributed by atoms with van der Waals surface area (Å²) in [7, 11) is -2.00. The van der Waals surface area contributed by atoms with Gasteiger partial charge in [-0.3, -0.25) is 0 Å². The first-order valence-corrected chi connectivity index (χ1v) is 8.87. The van der Waals surface area contributed by atoms with E-state index in [9.17, 15) is 13.5 Å². The van der Waals surface area contributed by atoms with Crippen LogP contribution in [-0.2, 0) is 10.0 Å². The van der Waals surface area contributed by atoms with Crippen LogP contribution in [0.1, 0.15) is 37.8 Å². The van der Waals surface area contributed by atoms with Crippen LogP contribution in [-0.4, -0.2) is 33.2 Å². The number of hydrogen-bond donors (Lipinski definition) is 3. The normalized spacial score (nSPS) is 24.1. The predicted molar refractivity (Wildman–Crippen MR) is 82.5 cm³/mol. The topological polar surface area (TPSA) is 78.4 Å². The maximum absolute atomic E-state index is 11.8. The average Bonchev–Trinajstić information content (AvgIpc) is 2.90. The molecule has 1 saturated carbocycles. The van der Waals surface area contributed by atoms with Gasteiger partial charge in [0.2, 0.25) is 10.0 Å². The Morgan fingerprint density at radius 1 is 1.38 bits per heavy atom. The SMILES string of the molecule is CNS(=O)(=O)c1cccc(C(C)NCC2CCCC2O)c1. The van der Waals surface area contributed by atoms with Crippen molar-refractivity contribution in [2.45, 2.75) is 43.2 Å². The number of aliphatic hydroxyl groups excluding tert-OH is 1. The summed E-state index contributed by atoms with van der Waals surface area (Å²) in [6.45, 7) is 2.76. The lowest BCUT2D eigenvalue weighted by atomic mass is 10.0. The molecule has 118 valence electrons. The lowest BCUT2D eigenvalue weighted by molar-refractivity contribution is 0.130. The molecule has 3 N–H and O–H groups in total. The highest BCUT2D eigenvalue weighted by Gasteiger charge is 2.25. The Labute approximate surface area is 126 Å². The van der Waals surface area contributed by atoms with Gasteiger partial charge >= 0.3 is 0 Å². The highest BCUT2D eigenvalue weighted by atomic mass is 32.2. The highest BCUT2D eigenvalue weighted by molar-refractivity contribution is 7.89. The minimum absolute atomic E-state index is 0.0461. The zero-order chi connectivity index (χ0) is 15.5. The van der Waals surface area contributed by atoms with E-state index in [4.69, 9.17) is 0 Å². The third kappa shape index (κ3) is 4.03. The molecule has 0 amide bonds. The Bertz CT molecular complexity index is 574. The molecular weight excluding hydrogens is 288 g/mol. The van der Waals surface area contributed by atoms with E-state index >= 15 is 0 Å². The Morgan fingerprint density at radius 3 is 2.76 bits per heavy atom. The van der Waals surface area contributed by atoms with E-state index in [1.54, 1.807) is 18.2 Å². The van der Waals surface area contributed by atoms with Crippen LogP contribution in [0.25, 0.3) is 0 Å². The van der Waals surface area contributed by atoms with Gasteiger partial charge < -0.3 is 10.4 Å². The third-order valence-corrected chi connectivity index (χ3v) is 5.65. The van der Waals surface area contributed by atoms with Crippen LogP contribution in [0.3, 0.4) is 0 Å². The first-order valence-electron chi connectivity index (χ1n) is 7.39. The number of rotatable bonds is 6. The fraction of sp³-hybridized carbons (Fsp3) is 0.600. The molecule has 1 aromatic rings. The molecule has 0 aromatic heterocycles. The van der Waals surface area contributed by atoms with Gasteiger partial charge in [-0.05, 0) is 50.4 Å². The fourth-order valence-corrected chi connectivity index (χ4v) is 3.55. The Morgan fingerprint density at radius 2 is 2.14 bits per heavy atom. The largest absolute Gasteiger partial charge is 0.393 e. The zero-order valence-electron chi connectivity index (χ0n) is 12.5. The van der Waals surface area contributed by atoms with Crippen molar-refractivity contribution < 1.29 is 13.5 Å². The molecule has 5 nitrogen and oxygen atoms in total. The number of hydrogen-bond acceptors (Lipinski definition) is 4. The second-order valence-corrected chi connectivity index (χ2v) is 7.55. The van der Waals surface area contributed by atoms with E-state index in [0.29, 0.717) is 5.92 Å². The van der Waals surface area contributed by atoms with Gasteiger partial charge in [0.1, 0.15) is 0 Å². The van der Waals surface area contributed by atoms with E-state index in [2.05, 4.69) is 10.0 Å². The molecule has 3 atom stereocenters. The van der Waals surface area contributed by atoms with Crippen molar-refractivity contribution in [1.82, 2.24) is 10.0 Å². The molecule has 1 aromatic carbocycles. The molecule has 3 unspecified atom stereocenters. The minimum atomic E-state index is -3.41. The van der Waals surface area contributed by atoms with Gasteiger partial charge in [0.25, 0.3) is 0 Å². The molecule has 2 rings (SSSR count). The van der Waals surface area contributed by atoms with E-state index in [-0.39, 0.29) is 17.0 Å². The predicted octanol–water partition coefficient (Wildman–Crippen LogP) is 1.41. The van der Waals surface area contributed by atoms with E-state index in [1.165, 1.54) is 7.05 Å². The summed E-state index contributed by atoms with van der Waals surface area (Å²) in [4.78, 5) is 0.275. The van der Waals surface area contributed by atoms with Crippen LogP contribution in [0.2, 0.25) is 0 Å². The van der Waals surface area contributed by atoms with Crippen molar-refractivity contribution in [2.24, 2.45) is 5.92 Å². The minimum Gasteiger partial charge on any atom is -0.393 e. The Hall–Kier alpha value is -0.950. The molecule has 6 heteroatoms. The number of sulfonamides is 1. The van der Waals surface area contributed by atoms with E-state index in [1.807, 2.05) is 13.0 Å². The molecule has 0 saturated heterocycles. The van der Waals surface area contributed by atoms with Crippen molar-refractivity contribution in [3.63, 3.8) is 0 Å². The molecular formula is C15H24N2O3S. The van der Waals surface area contributed by atoms with E-state index < -0.39 is 10.0 Å². The van der Waals surface area contributed by atoms with Gasteiger partial charge in [-0.25, -0.2) is 13.1 Å². The first-order chi connectivity index (χ1) is 9.94. The lowest BCUT2D eigenvalue weighted by Gasteiger charge is -2.20. The maximum atomic E-state index is 11.8. The second-order valence-electron chi connectivity index (χ2n) is 5.67. The van der Waals surface area contributed by atoms with Crippen LogP contribution in [0.15, 0.2) is 29.2 Å². The van der Waals surface area contributed by atoms with Gasteiger partial charge in [-0.15, -0.1) is 0 Å². The standard InChI is InChI=1S/C15H24N2O3S/c1-11(17-10-13-6-4-8-15(13)18)12-5-3-7-14(9-12)21(19,20)16-2/h3,5,7,9,11,13,15-18H,4,6,8,10H2,1-2H3. The number of benzene rings is 1. The van der Waals surface area contributed by atoms with Crippen molar-refractivity contribution in [3.8, 4) is 0 Å². The maximum Gasteiger partial charge on any atom is 0.240 e. The average molecular weight is 312 g/mol. The summed E-state index contributed by atoms with van der Waals surface area (Å²) < 4.78 is 26.0. The van der Waals surface area contributed by atoms with Gasteiger partial charge in [-0.1, -0.05) is 18.6 Å². The van der Waals surface area contributed by atoms with Crippen LogP contribution in [0.4, 0.5) is 0 Å². The van der Waals surface area contributed by atoms with Gasteiger partial charge in [-0.2, -0.15) is 0 Å². The first kappa shape index (κ1) is 16.4. The van der Waals surface area contributed by atoms with Gasteiger partial charge in [0.05, 0.1) is 11.0 Å². The molecule has 1 aliphatic carbocycles. The quantitative estimate of drug-likeness (QED) is 0.742. The summed E-state index contributed by atoms with van der Waals surface area (Å²) in [6.07, 6.45) is 2.81. The van der Waals surface area contributed by atoms with E-state index in [0.717, 1.165) is 31.4 Å². The van der Waals surface area contributed by atoms with Gasteiger partial charge in [0, 0.05) is 12.6 Å². The molecule has 1 fully saturated rings. The number of nitrogens with one attached hydrogen (secondary N) is 2. The molecule has 0 bridgehead atoms. The fourth-order valence-electron chi connectivity index (χ4n) is 2.77. The van der Waals surface area contributed by atoms with Crippen molar-refractivity contribution in [2.75, 3.05) is 13.6 Å². The van der Waals surface area contributed by atoms with Gasteiger partial charge in [0.15, 0.2) is 0 Å². The Balaban J connectivity index is 2.02. The summed E-state index contributed by atoms with van der Waals surface area (Å²) in [5.74, 6) is 0.302. The van der Waals surface area contributed by atoms with Crippen LogP contribution >= 0.6 is 0 Å². The van der Waals surface area contributed by atoms with Crippen LogP contribution in [0, 0.1) is 5.92 Å². The zero-order valence-corrected chi connectivity index (χ0v) is 13.4. The van der Waals surface area contributed by atoms with Crippen LogP contribution < -0.4 is 10.0 Å². The number of aliphatic hydroxyl groups is 1. The summed E-state index contributed by atoms with van der Waals surface area (Å²) in [6, 6.07) is 6.99. The highest BCUT2D eigenvalue weighted by Crippen LogP contribution is 2.26. The monoisotopic (exact) mass is 312 g/mol. The Kier molecular flexibility index (Phi) is 5.37. The van der Waals surface area contributed by atoms with Crippen molar-refractivity contribution in [1.29, 1.82) is 0 Å². The molecule has 0 aliphatic heterocycles. The van der Waals surface area contributed by atoms with Crippen LogP contribution in [0.5, 0.6) is 0 Å². The summed E-state index contributed by atoms with van der Waals surface area (Å²) in [5, 5.41) is 13.2. The molecule has 0 heterocycles. The van der Waals surface area contributed by atoms with Crippen molar-refractivity contribution in [3.05, 3.63) is 29.8 Å². The molecule has 1 aliphatic rings. The lowest BCUT2D eigenvalue weighted by Crippen LogP contribution is -2.30. The summed E-state index contributed by atoms with van der Waals surface area (Å²) >= 11 is 0. The molecule has 21 heavy (non-hydrogen) atoms. The summed E-state index contributed by atoms with van der Waals surface area (Å²) in [5.41, 5.74) is 0.929. The second kappa shape index (κ2) is 6.87.